The molecule has 0 saturated carbocycles. The lowest BCUT2D eigenvalue weighted by atomic mass is 9.71. The number of carbonyl (C=O) groups is 13. The van der Waals surface area contributed by atoms with E-state index in [2.05, 4.69) is 135 Å². The molecular formula is C123H136N4O22. The van der Waals surface area contributed by atoms with E-state index in [1.54, 1.807) is 49.4 Å². The quantitative estimate of drug-likeness (QED) is 0.00650. The van der Waals surface area contributed by atoms with Gasteiger partial charge in [-0.1, -0.05) is 314 Å². The Hall–Kier alpha value is -15.2. The van der Waals surface area contributed by atoms with E-state index < -0.39 is 53.0 Å². The van der Waals surface area contributed by atoms with Gasteiger partial charge < -0.3 is 43.0 Å². The van der Waals surface area contributed by atoms with Crippen molar-refractivity contribution in [3.05, 3.63) is 308 Å². The molecule has 26 nitrogen and oxygen atoms in total. The number of hydrogen-bond donors (Lipinski definition) is 0. The molecule has 0 spiro atoms. The summed E-state index contributed by atoms with van der Waals surface area (Å²) in [4.78, 5) is 181. The molecule has 149 heavy (non-hydrogen) atoms. The van der Waals surface area contributed by atoms with Gasteiger partial charge >= 0.3 is 53.7 Å². The minimum atomic E-state index is -0.750. The summed E-state index contributed by atoms with van der Waals surface area (Å²) < 4.78 is 25.4. The molecule has 0 aromatic heterocycles. The first-order valence-electron chi connectivity index (χ1n) is 51.7. The molecule has 0 amide bonds. The van der Waals surface area contributed by atoms with Gasteiger partial charge in [-0.2, -0.15) is 0 Å². The molecule has 14 rings (SSSR count). The van der Waals surface area contributed by atoms with Crippen LogP contribution in [0.2, 0.25) is 0 Å². The fourth-order valence-corrected chi connectivity index (χ4v) is 21.3. The number of esters is 5. The van der Waals surface area contributed by atoms with Crippen LogP contribution in [-0.4, -0.2) is 127 Å². The Bertz CT molecular complexity index is 6660. The van der Waals surface area contributed by atoms with E-state index >= 15 is 0 Å². The minimum absolute atomic E-state index is 0.00140. The van der Waals surface area contributed by atoms with Gasteiger partial charge in [-0.05, 0) is 196 Å². The lowest BCUT2D eigenvalue weighted by Gasteiger charge is -2.32. The summed E-state index contributed by atoms with van der Waals surface area (Å²) in [7, 11) is 2.68. The van der Waals surface area contributed by atoms with Gasteiger partial charge in [0.1, 0.15) is 23.7 Å². The molecule has 4 aliphatic carbocycles. The zero-order valence-corrected chi connectivity index (χ0v) is 88.2. The van der Waals surface area contributed by atoms with Gasteiger partial charge in [0.15, 0.2) is 5.71 Å². The van der Waals surface area contributed by atoms with Crippen molar-refractivity contribution in [2.45, 2.75) is 272 Å². The highest BCUT2D eigenvalue weighted by atomic mass is 16.7. The lowest BCUT2D eigenvalue weighted by molar-refractivity contribution is -0.145. The predicted octanol–water partition coefficient (Wildman–Crippen LogP) is 25.3. The first-order valence-corrected chi connectivity index (χ1v) is 51.7. The molecule has 0 bridgehead atoms. The number of rotatable bonds is 46. The molecule has 26 heteroatoms. The van der Waals surface area contributed by atoms with Crippen molar-refractivity contribution < 1.29 is 105 Å². The first-order chi connectivity index (χ1) is 71.8. The highest BCUT2D eigenvalue weighted by Crippen LogP contribution is 2.59. The number of oxime groups is 4. The fraction of sp³-hybridized carbons (Fsp3) is 0.374. The van der Waals surface area contributed by atoms with Crippen molar-refractivity contribution in [3.63, 3.8) is 0 Å². The number of nitrogens with zero attached hydrogens (tertiary/aromatic N) is 4. The summed E-state index contributed by atoms with van der Waals surface area (Å²) in [5.41, 5.74) is 21.0. The monoisotopic (exact) mass is 2020 g/mol. The van der Waals surface area contributed by atoms with Crippen LogP contribution in [-0.2, 0) is 114 Å². The number of unbranched alkanes of at least 4 members (excludes halogenated alkanes) is 1. The lowest BCUT2D eigenvalue weighted by Crippen LogP contribution is -2.28. The number of ether oxygens (including phenoxy) is 5. The topological polar surface area (TPSA) is 354 Å². The van der Waals surface area contributed by atoms with Crippen molar-refractivity contribution in [1.82, 2.24) is 0 Å². The molecule has 0 radical (unpaired) electrons. The largest absolute Gasteiger partial charge is 0.469 e. The maximum Gasteiger partial charge on any atom is 0.332 e. The number of fused-ring (bicyclic) bond motifs is 12. The fourth-order valence-electron chi connectivity index (χ4n) is 21.3. The third kappa shape index (κ3) is 27.4. The number of methoxy groups -OCH3 is 2. The number of Topliss-reactive ketones (excluding diaryl/α,β-unsaturated/α-hetero) is 4. The van der Waals surface area contributed by atoms with Crippen molar-refractivity contribution in [3.8, 4) is 44.5 Å². The van der Waals surface area contributed by atoms with Crippen LogP contribution in [0.3, 0.4) is 0 Å². The second-order valence-electron chi connectivity index (χ2n) is 37.7. The van der Waals surface area contributed by atoms with Crippen LogP contribution in [0.4, 0.5) is 0 Å². The minimum Gasteiger partial charge on any atom is -0.469 e. The molecule has 0 heterocycles. The Kier molecular flexibility index (Phi) is 41.7. The summed E-state index contributed by atoms with van der Waals surface area (Å²) in [5, 5.41) is 15.4. The van der Waals surface area contributed by atoms with Crippen LogP contribution in [0.1, 0.15) is 340 Å². The van der Waals surface area contributed by atoms with Crippen LogP contribution in [0.5, 0.6) is 0 Å². The molecule has 10 aromatic rings. The SMILES string of the molecule is CCCC1(CCC)c2ccccc2-c2ccc(C(=O)/C(CCC(=O)OCC)=N/OC(C)=O)cc21.CCCC1(CCC)c2ccccc2-c2ccc(C(=O)/C(CCC(=O)OCc3ccccc3)=N/OC(C)=O)cc21.CCCCOC(=O)CC/C(=N\OC(C)=O)C(=O)c1ccc2c(c1)C(CCC)(CCC)c1ccccc1-2.COC(=O)CCC1(CCC(=O)OC)c2ccccc2-c2ccc(C(=O)/C(=N/OC(C)=O)c3ccccc3C)cc21. The van der Waals surface area contributed by atoms with E-state index in [1.807, 2.05) is 123 Å². The maximum atomic E-state index is 13.9. The highest BCUT2D eigenvalue weighted by Gasteiger charge is 2.48. The van der Waals surface area contributed by atoms with E-state index in [-0.39, 0.29) is 133 Å². The van der Waals surface area contributed by atoms with Crippen LogP contribution in [0.15, 0.2) is 245 Å². The molecule has 0 fully saturated rings. The molecule has 4 aliphatic rings. The number of hydrogen-bond acceptors (Lipinski definition) is 26. The van der Waals surface area contributed by atoms with Crippen molar-refractivity contribution in [2.75, 3.05) is 27.4 Å². The molecule has 0 saturated heterocycles. The predicted molar refractivity (Wildman–Crippen MR) is 573 cm³/mol. The Morgan fingerprint density at radius 2 is 0.557 bits per heavy atom. The summed E-state index contributed by atoms with van der Waals surface area (Å²) in [5.74, 6) is -6.07. The normalized spacial score (nSPS) is 13.4. The third-order valence-corrected chi connectivity index (χ3v) is 27.7. The Morgan fingerprint density at radius 1 is 0.268 bits per heavy atom. The zero-order valence-electron chi connectivity index (χ0n) is 88.2. The number of benzene rings is 10. The van der Waals surface area contributed by atoms with Gasteiger partial charge in [0, 0.05) is 109 Å². The van der Waals surface area contributed by atoms with Crippen molar-refractivity contribution >= 4 is 99.7 Å². The summed E-state index contributed by atoms with van der Waals surface area (Å²) in [6.45, 7) is 24.3. The van der Waals surface area contributed by atoms with Gasteiger partial charge in [-0.3, -0.25) is 43.2 Å². The standard InChI is InChI=1S/C33H35NO5.C32H31NO7.C30H37NO5.C28H33NO5/c1-4-19-33(20-5-2)28-14-10-9-13-26(28)27-16-15-25(21-29(27)33)32(37)30(34-39-23(3)35)17-18-31(36)38-22-24-11-7-6-8-12-24;1-20-9-5-6-10-23(20)30(33-40-21(2)34)31(37)22-13-14-25-24-11-7-8-12-26(24)32(27(25)19-22,17-15-28(35)38-3)18-16-29(36)39-4;1-5-8-19-35-28(33)16-15-27(31-36-21(4)32)29(34)22-13-14-24-23-11-9-10-12-25(23)30(17-6-2,18-7-3)26(24)20-22;1-5-16-28(17-6-2)23-11-9-8-10-21(23)22-13-12-20(18-24(22)28)27(32)25(29-34-19(4)30)14-15-26(31)33-7-3/h6-16,21H,4-5,17-20,22H2,1-3H3;5-14,19H,15-18H2,1-4H3;9-14,20H,5-8,15-19H2,1-4H3;8-13,18H,5-7,14-17H2,1-4H3/b34-30+;33-30+;31-27+;29-25+. The van der Waals surface area contributed by atoms with Gasteiger partial charge in [0.2, 0.25) is 23.1 Å². The molecule has 0 atom stereocenters. The van der Waals surface area contributed by atoms with E-state index in [9.17, 15) is 62.3 Å². The summed E-state index contributed by atoms with van der Waals surface area (Å²) >= 11 is 0. The first kappa shape index (κ1) is 114. The van der Waals surface area contributed by atoms with Crippen LogP contribution in [0, 0.1) is 6.92 Å². The maximum absolute atomic E-state index is 13.9. The molecule has 780 valence electrons. The smallest absolute Gasteiger partial charge is 0.332 e. The van der Waals surface area contributed by atoms with E-state index in [0.717, 1.165) is 157 Å². The van der Waals surface area contributed by atoms with Crippen molar-refractivity contribution in [1.29, 1.82) is 0 Å². The average molecular weight is 2020 g/mol. The van der Waals surface area contributed by atoms with E-state index in [0.29, 0.717) is 47.3 Å². The van der Waals surface area contributed by atoms with E-state index in [4.69, 9.17) is 43.0 Å². The molecular weight excluding hydrogens is 1890 g/mol. The molecule has 0 aliphatic heterocycles. The summed E-state index contributed by atoms with van der Waals surface area (Å²) in [6, 6.07) is 72.6. The highest BCUT2D eigenvalue weighted by molar-refractivity contribution is 6.52. The van der Waals surface area contributed by atoms with Gasteiger partial charge in [0.25, 0.3) is 0 Å². The average Bonchev–Trinajstić information content (AvgIpc) is 1.58. The molecule has 0 N–H and O–H groups in total. The van der Waals surface area contributed by atoms with Gasteiger partial charge in [-0.15, -0.1) is 0 Å². The van der Waals surface area contributed by atoms with Crippen molar-refractivity contribution in [2.24, 2.45) is 20.6 Å². The van der Waals surface area contributed by atoms with Gasteiger partial charge in [0.05, 0.1) is 46.7 Å². The number of ketones is 4. The third-order valence-electron chi connectivity index (χ3n) is 27.7. The second kappa shape index (κ2) is 54.5. The Labute approximate surface area is 872 Å². The zero-order chi connectivity index (χ0) is 108. The summed E-state index contributed by atoms with van der Waals surface area (Å²) in [6.07, 6.45) is 14.6. The van der Waals surface area contributed by atoms with E-state index in [1.165, 1.54) is 75.3 Å². The molecule has 0 unspecified atom stereocenters. The van der Waals surface area contributed by atoms with Crippen LogP contribution >= 0.6 is 0 Å². The second-order valence-corrected chi connectivity index (χ2v) is 37.7. The number of aryl methyl sites for hydroxylation is 1. The number of carbonyl (C=O) groups excluding carboxylic acids is 13. The Balaban J connectivity index is 0.000000189. The van der Waals surface area contributed by atoms with Crippen LogP contribution in [0.25, 0.3) is 44.5 Å². The van der Waals surface area contributed by atoms with Gasteiger partial charge in [-0.25, -0.2) is 19.2 Å². The Morgan fingerprint density at radius 3 is 0.872 bits per heavy atom. The van der Waals surface area contributed by atoms with Crippen LogP contribution < -0.4 is 0 Å². The molecule has 10 aromatic carbocycles.